The van der Waals surface area contributed by atoms with Crippen molar-refractivity contribution in [3.63, 3.8) is 0 Å². The van der Waals surface area contributed by atoms with Crippen LogP contribution in [-0.2, 0) is 14.4 Å². The standard InChI is InChI=1S/C22H20N2O6/c1-13(2)15-5-7-16(8-6-15)24-21(28)18(20(27)23-22(24)29)11-14-3-9-17(10-4-14)30-12-19(25)26/h3-11,13H,12H2,1-2H3,(H,25,26)(H,23,27,29)/p-1/b18-11-. The van der Waals surface area contributed by atoms with E-state index in [2.05, 4.69) is 5.32 Å². The molecule has 0 aromatic heterocycles. The smallest absolute Gasteiger partial charge is 0.335 e. The number of hydrogen-bond donors (Lipinski definition) is 1. The SMILES string of the molecule is CC(C)c1ccc(N2C(=O)NC(=O)/C(=C/c3ccc(OCC(=O)[O-])cc3)C2=O)cc1. The topological polar surface area (TPSA) is 116 Å². The van der Waals surface area contributed by atoms with E-state index >= 15 is 0 Å². The van der Waals surface area contributed by atoms with Gasteiger partial charge in [-0.1, -0.05) is 38.1 Å². The van der Waals surface area contributed by atoms with Crippen molar-refractivity contribution in [1.82, 2.24) is 5.32 Å². The number of nitrogens with zero attached hydrogens (tertiary/aromatic N) is 1. The highest BCUT2D eigenvalue weighted by Gasteiger charge is 2.36. The van der Waals surface area contributed by atoms with Gasteiger partial charge in [-0.05, 0) is 47.4 Å². The van der Waals surface area contributed by atoms with Gasteiger partial charge in [0.1, 0.15) is 17.9 Å². The number of urea groups is 1. The number of nitrogens with one attached hydrogen (secondary N) is 1. The van der Waals surface area contributed by atoms with Crippen LogP contribution in [0.2, 0.25) is 0 Å². The third kappa shape index (κ3) is 4.54. The minimum atomic E-state index is -1.35. The van der Waals surface area contributed by atoms with Crippen molar-refractivity contribution in [3.8, 4) is 5.75 Å². The summed E-state index contributed by atoms with van der Waals surface area (Å²) < 4.78 is 4.99. The van der Waals surface area contributed by atoms with Gasteiger partial charge in [-0.3, -0.25) is 14.9 Å². The first-order chi connectivity index (χ1) is 14.3. The van der Waals surface area contributed by atoms with Crippen molar-refractivity contribution >= 4 is 35.6 Å². The van der Waals surface area contributed by atoms with E-state index in [1.807, 2.05) is 26.0 Å². The summed E-state index contributed by atoms with van der Waals surface area (Å²) in [4.78, 5) is 48.8. The molecular weight excluding hydrogens is 388 g/mol. The van der Waals surface area contributed by atoms with Gasteiger partial charge in [0.2, 0.25) is 0 Å². The third-order valence-electron chi connectivity index (χ3n) is 4.47. The second-order valence-electron chi connectivity index (χ2n) is 6.93. The van der Waals surface area contributed by atoms with Gasteiger partial charge in [0.25, 0.3) is 11.8 Å². The number of carboxylic acid groups (broad SMARTS) is 1. The number of hydrogen-bond acceptors (Lipinski definition) is 6. The number of carboxylic acids is 1. The monoisotopic (exact) mass is 407 g/mol. The number of carbonyl (C=O) groups is 4. The molecule has 0 radical (unpaired) electrons. The Morgan fingerprint density at radius 3 is 2.27 bits per heavy atom. The molecule has 8 heteroatoms. The average molecular weight is 407 g/mol. The lowest BCUT2D eigenvalue weighted by Gasteiger charge is -2.26. The summed E-state index contributed by atoms with van der Waals surface area (Å²) in [7, 11) is 0. The molecule has 1 saturated heterocycles. The molecule has 2 aromatic carbocycles. The lowest BCUT2D eigenvalue weighted by Crippen LogP contribution is -2.54. The summed E-state index contributed by atoms with van der Waals surface area (Å²) in [5, 5.41) is 12.6. The molecule has 1 heterocycles. The fourth-order valence-corrected chi connectivity index (χ4v) is 2.87. The second-order valence-corrected chi connectivity index (χ2v) is 6.93. The highest BCUT2D eigenvalue weighted by Crippen LogP contribution is 2.24. The molecule has 4 amide bonds. The van der Waals surface area contributed by atoms with E-state index in [1.165, 1.54) is 18.2 Å². The van der Waals surface area contributed by atoms with Gasteiger partial charge in [0, 0.05) is 0 Å². The molecule has 30 heavy (non-hydrogen) atoms. The molecule has 1 fully saturated rings. The molecule has 0 spiro atoms. The quantitative estimate of drug-likeness (QED) is 0.574. The van der Waals surface area contributed by atoms with E-state index in [9.17, 15) is 24.3 Å². The highest BCUT2D eigenvalue weighted by molar-refractivity contribution is 6.39. The Bertz CT molecular complexity index is 1020. The zero-order valence-corrected chi connectivity index (χ0v) is 16.4. The molecular formula is C22H19N2O6-. The number of rotatable bonds is 6. The minimum absolute atomic E-state index is 0.203. The molecule has 8 nitrogen and oxygen atoms in total. The largest absolute Gasteiger partial charge is 0.546 e. The molecule has 1 aliphatic rings. The van der Waals surface area contributed by atoms with Gasteiger partial charge in [-0.15, -0.1) is 0 Å². The van der Waals surface area contributed by atoms with Crippen LogP contribution in [0.4, 0.5) is 10.5 Å². The summed E-state index contributed by atoms with van der Waals surface area (Å²) in [5.41, 5.74) is 1.70. The summed E-state index contributed by atoms with van der Waals surface area (Å²) in [6.45, 7) is 3.47. The number of benzene rings is 2. The number of carbonyl (C=O) groups excluding carboxylic acids is 4. The average Bonchev–Trinajstić information content (AvgIpc) is 2.70. The number of amides is 4. The first-order valence-corrected chi connectivity index (χ1v) is 9.20. The van der Waals surface area contributed by atoms with Crippen molar-refractivity contribution in [1.29, 1.82) is 0 Å². The predicted octanol–water partition coefficient (Wildman–Crippen LogP) is 1.61. The second kappa shape index (κ2) is 8.60. The van der Waals surface area contributed by atoms with E-state index in [1.54, 1.807) is 24.3 Å². The van der Waals surface area contributed by atoms with E-state index < -0.39 is 30.4 Å². The maximum atomic E-state index is 12.9. The maximum Gasteiger partial charge on any atom is 0.335 e. The Kier molecular flexibility index (Phi) is 5.96. The number of imide groups is 2. The maximum absolute atomic E-state index is 12.9. The zero-order chi connectivity index (χ0) is 21.8. The third-order valence-corrected chi connectivity index (χ3v) is 4.47. The fraction of sp³-hybridized carbons (Fsp3) is 0.182. The van der Waals surface area contributed by atoms with E-state index in [-0.39, 0.29) is 5.57 Å². The van der Waals surface area contributed by atoms with Crippen molar-refractivity contribution in [2.24, 2.45) is 0 Å². The molecule has 0 unspecified atom stereocenters. The van der Waals surface area contributed by atoms with Crippen molar-refractivity contribution in [2.45, 2.75) is 19.8 Å². The molecule has 2 aromatic rings. The van der Waals surface area contributed by atoms with Crippen LogP contribution < -0.4 is 20.1 Å². The van der Waals surface area contributed by atoms with E-state index in [4.69, 9.17) is 4.74 Å². The Labute approximate surface area is 172 Å². The van der Waals surface area contributed by atoms with Crippen LogP contribution in [0.5, 0.6) is 5.75 Å². The van der Waals surface area contributed by atoms with Crippen LogP contribution in [-0.4, -0.2) is 30.4 Å². The van der Waals surface area contributed by atoms with Crippen LogP contribution >= 0.6 is 0 Å². The van der Waals surface area contributed by atoms with Crippen molar-refractivity contribution < 1.29 is 29.0 Å². The summed E-state index contributed by atoms with van der Waals surface area (Å²) in [5.74, 6) is -2.30. The van der Waals surface area contributed by atoms with Gasteiger partial charge >= 0.3 is 6.03 Å². The van der Waals surface area contributed by atoms with Crippen LogP contribution in [0.25, 0.3) is 6.08 Å². The van der Waals surface area contributed by atoms with Gasteiger partial charge in [-0.2, -0.15) is 0 Å². The Morgan fingerprint density at radius 1 is 1.07 bits per heavy atom. The minimum Gasteiger partial charge on any atom is -0.546 e. The lowest BCUT2D eigenvalue weighted by molar-refractivity contribution is -0.307. The van der Waals surface area contributed by atoms with E-state index in [0.717, 1.165) is 10.5 Å². The Morgan fingerprint density at radius 2 is 1.70 bits per heavy atom. The summed E-state index contributed by atoms with van der Waals surface area (Å²) in [6, 6.07) is 12.2. The summed E-state index contributed by atoms with van der Waals surface area (Å²) >= 11 is 0. The zero-order valence-electron chi connectivity index (χ0n) is 16.4. The van der Waals surface area contributed by atoms with Gasteiger partial charge in [-0.25, -0.2) is 9.69 Å². The number of ether oxygens (including phenoxy) is 1. The molecule has 1 aliphatic heterocycles. The van der Waals surface area contributed by atoms with Gasteiger partial charge in [0.15, 0.2) is 0 Å². The fourth-order valence-electron chi connectivity index (χ4n) is 2.87. The number of barbiturate groups is 1. The molecule has 0 saturated carbocycles. The summed E-state index contributed by atoms with van der Waals surface area (Å²) in [6.07, 6.45) is 1.35. The Hall–Kier alpha value is -3.94. The molecule has 3 rings (SSSR count). The highest BCUT2D eigenvalue weighted by atomic mass is 16.5. The van der Waals surface area contributed by atoms with Crippen LogP contribution in [0.3, 0.4) is 0 Å². The van der Waals surface area contributed by atoms with Crippen LogP contribution in [0, 0.1) is 0 Å². The Balaban J connectivity index is 1.85. The molecule has 1 N–H and O–H groups in total. The first-order valence-electron chi connectivity index (χ1n) is 9.20. The predicted molar refractivity (Wildman–Crippen MR) is 106 cm³/mol. The van der Waals surface area contributed by atoms with Crippen molar-refractivity contribution in [2.75, 3.05) is 11.5 Å². The first kappa shape index (κ1) is 20.8. The molecule has 0 aliphatic carbocycles. The number of aliphatic carboxylic acids is 1. The van der Waals surface area contributed by atoms with Crippen LogP contribution in [0.1, 0.15) is 30.9 Å². The van der Waals surface area contributed by atoms with E-state index in [0.29, 0.717) is 22.9 Å². The van der Waals surface area contributed by atoms with Gasteiger partial charge in [0.05, 0.1) is 11.7 Å². The molecule has 0 atom stereocenters. The normalized spacial score (nSPS) is 15.5. The van der Waals surface area contributed by atoms with Gasteiger partial charge < -0.3 is 14.6 Å². The lowest BCUT2D eigenvalue weighted by atomic mass is 10.0. The van der Waals surface area contributed by atoms with Crippen molar-refractivity contribution in [3.05, 3.63) is 65.2 Å². The molecule has 0 bridgehead atoms. The molecule has 154 valence electrons. The number of anilines is 1. The van der Waals surface area contributed by atoms with Crippen LogP contribution in [0.15, 0.2) is 54.1 Å².